The zero-order valence-corrected chi connectivity index (χ0v) is 12.4. The third-order valence-electron chi connectivity index (χ3n) is 3.69. The zero-order valence-electron chi connectivity index (χ0n) is 10.9. The molecule has 2 rings (SSSR count). The van der Waals surface area contributed by atoms with Crippen LogP contribution in [-0.2, 0) is 0 Å². The summed E-state index contributed by atoms with van der Waals surface area (Å²) in [5.41, 5.74) is 7.97. The number of benzene rings is 1. The van der Waals surface area contributed by atoms with Crippen LogP contribution in [0.2, 0.25) is 5.02 Å². The van der Waals surface area contributed by atoms with Crippen molar-refractivity contribution in [3.05, 3.63) is 28.8 Å². The van der Waals surface area contributed by atoms with E-state index in [0.717, 1.165) is 29.4 Å². The predicted molar refractivity (Wildman–Crippen MR) is 82.6 cm³/mol. The molecule has 0 saturated carbocycles. The number of halogens is 1. The van der Waals surface area contributed by atoms with E-state index in [1.54, 1.807) is 0 Å². The molecule has 0 unspecified atom stereocenters. The zero-order chi connectivity index (χ0) is 13.3. The van der Waals surface area contributed by atoms with Gasteiger partial charge in [-0.1, -0.05) is 37.7 Å². The van der Waals surface area contributed by atoms with Crippen LogP contribution in [-0.4, -0.2) is 18.1 Å². The number of thiocarbonyl (C=S) groups is 1. The fraction of sp³-hybridized carbons (Fsp3) is 0.500. The molecule has 18 heavy (non-hydrogen) atoms. The Hall–Kier alpha value is -0.800. The molecule has 1 aromatic carbocycles. The van der Waals surface area contributed by atoms with Gasteiger partial charge in [0.2, 0.25) is 0 Å². The average Bonchev–Trinajstić information content (AvgIpc) is 2.29. The van der Waals surface area contributed by atoms with Crippen LogP contribution in [0.4, 0.5) is 5.69 Å². The third-order valence-corrected chi connectivity index (χ3v) is 4.23. The first kappa shape index (κ1) is 13.6. The lowest BCUT2D eigenvalue weighted by Gasteiger charge is -2.38. The van der Waals surface area contributed by atoms with Crippen LogP contribution in [0.5, 0.6) is 0 Å². The molecule has 0 atom stereocenters. The minimum absolute atomic E-state index is 0.392. The van der Waals surface area contributed by atoms with Crippen molar-refractivity contribution in [3.8, 4) is 0 Å². The molecule has 2 N–H and O–H groups in total. The molecule has 98 valence electrons. The summed E-state index contributed by atoms with van der Waals surface area (Å²) < 4.78 is 0. The van der Waals surface area contributed by atoms with E-state index in [4.69, 9.17) is 29.6 Å². The van der Waals surface area contributed by atoms with E-state index in [2.05, 4.69) is 18.7 Å². The van der Waals surface area contributed by atoms with Gasteiger partial charge in [0.05, 0.1) is 10.7 Å². The van der Waals surface area contributed by atoms with Crippen molar-refractivity contribution in [3.63, 3.8) is 0 Å². The number of rotatable bonds is 2. The Labute approximate surface area is 119 Å². The van der Waals surface area contributed by atoms with Crippen LogP contribution in [0.3, 0.4) is 0 Å². The summed E-state index contributed by atoms with van der Waals surface area (Å²) in [7, 11) is 0. The van der Waals surface area contributed by atoms with Crippen molar-refractivity contribution >= 4 is 34.5 Å². The lowest BCUT2D eigenvalue weighted by Crippen LogP contribution is -2.37. The first-order chi connectivity index (χ1) is 8.39. The Morgan fingerprint density at radius 2 is 1.94 bits per heavy atom. The molecule has 0 spiro atoms. The fourth-order valence-corrected chi connectivity index (χ4v) is 2.70. The van der Waals surface area contributed by atoms with Gasteiger partial charge in [0.15, 0.2) is 0 Å². The van der Waals surface area contributed by atoms with Gasteiger partial charge in [0, 0.05) is 18.7 Å². The topological polar surface area (TPSA) is 29.3 Å². The van der Waals surface area contributed by atoms with E-state index in [1.165, 1.54) is 12.8 Å². The number of nitrogens with zero attached hydrogens (tertiary/aromatic N) is 1. The summed E-state index contributed by atoms with van der Waals surface area (Å²) in [6.45, 7) is 6.75. The Bertz CT molecular complexity index is 461. The Morgan fingerprint density at radius 1 is 1.33 bits per heavy atom. The second-order valence-corrected chi connectivity index (χ2v) is 6.53. The van der Waals surface area contributed by atoms with E-state index in [1.807, 2.05) is 18.2 Å². The monoisotopic (exact) mass is 282 g/mol. The molecule has 0 aliphatic carbocycles. The second kappa shape index (κ2) is 5.06. The van der Waals surface area contributed by atoms with Crippen LogP contribution in [0.15, 0.2) is 18.2 Å². The maximum atomic E-state index is 6.32. The molecule has 1 aliphatic heterocycles. The normalized spacial score (nSPS) is 18.7. The van der Waals surface area contributed by atoms with Crippen molar-refractivity contribution < 1.29 is 0 Å². The van der Waals surface area contributed by atoms with Crippen LogP contribution in [0, 0.1) is 5.41 Å². The highest BCUT2D eigenvalue weighted by Crippen LogP contribution is 2.35. The van der Waals surface area contributed by atoms with Crippen LogP contribution in [0.1, 0.15) is 32.3 Å². The number of anilines is 1. The van der Waals surface area contributed by atoms with E-state index >= 15 is 0 Å². The molecule has 4 heteroatoms. The SMILES string of the molecule is CC1(C)CCN(c2ccc(C(N)=S)cc2Cl)CC1. The number of hydrogen-bond donors (Lipinski definition) is 1. The van der Waals surface area contributed by atoms with E-state index < -0.39 is 0 Å². The molecular formula is C14H19ClN2S. The first-order valence-electron chi connectivity index (χ1n) is 6.23. The molecule has 1 heterocycles. The highest BCUT2D eigenvalue weighted by Gasteiger charge is 2.26. The summed E-state index contributed by atoms with van der Waals surface area (Å²) in [6.07, 6.45) is 2.39. The van der Waals surface area contributed by atoms with Crippen LogP contribution >= 0.6 is 23.8 Å². The molecule has 0 amide bonds. The van der Waals surface area contributed by atoms with Gasteiger partial charge in [-0.25, -0.2) is 0 Å². The van der Waals surface area contributed by atoms with Crippen LogP contribution in [0.25, 0.3) is 0 Å². The molecule has 1 saturated heterocycles. The van der Waals surface area contributed by atoms with Crippen molar-refractivity contribution in [1.29, 1.82) is 0 Å². The molecule has 0 bridgehead atoms. The minimum atomic E-state index is 0.392. The van der Waals surface area contributed by atoms with E-state index in [9.17, 15) is 0 Å². The van der Waals surface area contributed by atoms with Crippen molar-refractivity contribution in [2.45, 2.75) is 26.7 Å². The summed E-state index contributed by atoms with van der Waals surface area (Å²) in [5, 5.41) is 0.736. The maximum absolute atomic E-state index is 6.32. The summed E-state index contributed by atoms with van der Waals surface area (Å²) in [6, 6.07) is 5.83. The Balaban J connectivity index is 2.17. The fourth-order valence-electron chi connectivity index (χ4n) is 2.27. The van der Waals surface area contributed by atoms with Crippen molar-refractivity contribution in [1.82, 2.24) is 0 Å². The van der Waals surface area contributed by atoms with E-state index in [-0.39, 0.29) is 0 Å². The van der Waals surface area contributed by atoms with E-state index in [0.29, 0.717) is 10.4 Å². The minimum Gasteiger partial charge on any atom is -0.389 e. The summed E-state index contributed by atoms with van der Waals surface area (Å²) in [5.74, 6) is 0. The highest BCUT2D eigenvalue weighted by atomic mass is 35.5. The predicted octanol–water partition coefficient (Wildman–Crippen LogP) is 3.60. The largest absolute Gasteiger partial charge is 0.389 e. The molecule has 0 radical (unpaired) electrons. The lowest BCUT2D eigenvalue weighted by atomic mass is 9.82. The highest BCUT2D eigenvalue weighted by molar-refractivity contribution is 7.80. The average molecular weight is 283 g/mol. The third kappa shape index (κ3) is 2.96. The number of nitrogens with two attached hydrogens (primary N) is 1. The standard InChI is InChI=1S/C14H19ClN2S/c1-14(2)5-7-17(8-6-14)12-4-3-10(13(16)18)9-11(12)15/h3-4,9H,5-8H2,1-2H3,(H2,16,18). The second-order valence-electron chi connectivity index (χ2n) is 5.68. The number of hydrogen-bond acceptors (Lipinski definition) is 2. The molecule has 1 fully saturated rings. The summed E-state index contributed by atoms with van der Waals surface area (Å²) >= 11 is 11.3. The van der Waals surface area contributed by atoms with Gasteiger partial charge < -0.3 is 10.6 Å². The Morgan fingerprint density at radius 3 is 2.44 bits per heavy atom. The smallest absolute Gasteiger partial charge is 0.104 e. The summed E-state index contributed by atoms with van der Waals surface area (Å²) in [4.78, 5) is 2.74. The van der Waals surface area contributed by atoms with Gasteiger partial charge in [-0.15, -0.1) is 0 Å². The number of piperidine rings is 1. The van der Waals surface area contributed by atoms with Crippen molar-refractivity contribution in [2.75, 3.05) is 18.0 Å². The van der Waals surface area contributed by atoms with Gasteiger partial charge in [-0.05, 0) is 36.5 Å². The van der Waals surface area contributed by atoms with Gasteiger partial charge in [0.25, 0.3) is 0 Å². The molecule has 1 aliphatic rings. The molecule has 1 aromatic rings. The van der Waals surface area contributed by atoms with Crippen molar-refractivity contribution in [2.24, 2.45) is 11.1 Å². The Kier molecular flexibility index (Phi) is 3.83. The van der Waals surface area contributed by atoms with Gasteiger partial charge >= 0.3 is 0 Å². The molecular weight excluding hydrogens is 264 g/mol. The van der Waals surface area contributed by atoms with Gasteiger partial charge in [-0.2, -0.15) is 0 Å². The quantitative estimate of drug-likeness (QED) is 0.841. The molecule has 0 aromatic heterocycles. The van der Waals surface area contributed by atoms with Crippen LogP contribution < -0.4 is 10.6 Å². The lowest BCUT2D eigenvalue weighted by molar-refractivity contribution is 0.280. The maximum Gasteiger partial charge on any atom is 0.104 e. The molecule has 2 nitrogen and oxygen atoms in total. The first-order valence-corrected chi connectivity index (χ1v) is 7.02. The van der Waals surface area contributed by atoms with Gasteiger partial charge in [-0.3, -0.25) is 0 Å². The van der Waals surface area contributed by atoms with Gasteiger partial charge in [0.1, 0.15) is 4.99 Å².